The molecule has 1 unspecified atom stereocenters. The molecule has 0 radical (unpaired) electrons. The maximum Gasteiger partial charge on any atom is 0.227 e. The predicted molar refractivity (Wildman–Crippen MR) is 77.2 cm³/mol. The van der Waals surface area contributed by atoms with Gasteiger partial charge in [-0.15, -0.1) is 0 Å². The van der Waals surface area contributed by atoms with Crippen LogP contribution in [0.15, 0.2) is 24.3 Å². The standard InChI is InChI=1S/C16H18FN3O/c1-10-14(11(2)19-18-10)9-16(21)20-7-6-15(20)12-4-3-5-13(17)8-12/h3-5,8,15H,6-7,9H2,1-2H3,(H,18,19). The Labute approximate surface area is 123 Å². The molecule has 0 bridgehead atoms. The van der Waals surface area contributed by atoms with Crippen molar-refractivity contribution in [1.29, 1.82) is 0 Å². The van der Waals surface area contributed by atoms with Crippen molar-refractivity contribution in [1.82, 2.24) is 15.1 Å². The van der Waals surface area contributed by atoms with Gasteiger partial charge in [-0.05, 0) is 38.0 Å². The highest BCUT2D eigenvalue weighted by Gasteiger charge is 2.33. The third kappa shape index (κ3) is 2.55. The van der Waals surface area contributed by atoms with Gasteiger partial charge in [-0.1, -0.05) is 12.1 Å². The van der Waals surface area contributed by atoms with Gasteiger partial charge in [0.1, 0.15) is 5.82 Å². The number of likely N-dealkylation sites (tertiary alicyclic amines) is 1. The number of amides is 1. The molecule has 1 aliphatic heterocycles. The number of benzene rings is 1. The van der Waals surface area contributed by atoms with Crippen molar-refractivity contribution in [2.45, 2.75) is 32.7 Å². The van der Waals surface area contributed by atoms with E-state index in [1.807, 2.05) is 24.8 Å². The first kappa shape index (κ1) is 13.8. The summed E-state index contributed by atoms with van der Waals surface area (Å²) in [4.78, 5) is 14.3. The largest absolute Gasteiger partial charge is 0.335 e. The molecule has 2 heterocycles. The van der Waals surface area contributed by atoms with Crippen LogP contribution in [0.1, 0.15) is 35.0 Å². The van der Waals surface area contributed by atoms with Gasteiger partial charge in [0.2, 0.25) is 5.91 Å². The van der Waals surface area contributed by atoms with Crippen LogP contribution in [0.2, 0.25) is 0 Å². The Hall–Kier alpha value is -2.17. The quantitative estimate of drug-likeness (QED) is 0.943. The van der Waals surface area contributed by atoms with Crippen LogP contribution in [0, 0.1) is 19.7 Å². The SMILES string of the molecule is Cc1n[nH]c(C)c1CC(=O)N1CCC1c1cccc(F)c1. The smallest absolute Gasteiger partial charge is 0.227 e. The van der Waals surface area contributed by atoms with E-state index in [-0.39, 0.29) is 17.8 Å². The highest BCUT2D eigenvalue weighted by molar-refractivity contribution is 5.80. The molecule has 21 heavy (non-hydrogen) atoms. The average Bonchev–Trinajstić information content (AvgIpc) is 2.69. The zero-order valence-electron chi connectivity index (χ0n) is 12.2. The van der Waals surface area contributed by atoms with Gasteiger partial charge in [0.15, 0.2) is 0 Å². The first-order valence-corrected chi connectivity index (χ1v) is 7.11. The van der Waals surface area contributed by atoms with Crippen molar-refractivity contribution in [3.05, 3.63) is 52.6 Å². The fourth-order valence-electron chi connectivity index (χ4n) is 2.83. The van der Waals surface area contributed by atoms with Crippen LogP contribution < -0.4 is 0 Å². The van der Waals surface area contributed by atoms with Gasteiger partial charge in [0, 0.05) is 17.8 Å². The van der Waals surface area contributed by atoms with E-state index < -0.39 is 0 Å². The zero-order chi connectivity index (χ0) is 15.0. The van der Waals surface area contributed by atoms with Gasteiger partial charge in [-0.25, -0.2) is 4.39 Å². The van der Waals surface area contributed by atoms with E-state index in [9.17, 15) is 9.18 Å². The van der Waals surface area contributed by atoms with Crippen molar-refractivity contribution in [2.75, 3.05) is 6.54 Å². The van der Waals surface area contributed by atoms with Crippen molar-refractivity contribution in [3.8, 4) is 0 Å². The summed E-state index contributed by atoms with van der Waals surface area (Å²) < 4.78 is 13.3. The summed E-state index contributed by atoms with van der Waals surface area (Å²) in [5.74, 6) is -0.184. The van der Waals surface area contributed by atoms with Crippen LogP contribution in [-0.4, -0.2) is 27.5 Å². The van der Waals surface area contributed by atoms with Gasteiger partial charge in [-0.3, -0.25) is 9.89 Å². The third-order valence-electron chi connectivity index (χ3n) is 4.18. The molecule has 0 aliphatic carbocycles. The lowest BCUT2D eigenvalue weighted by Gasteiger charge is -2.41. The summed E-state index contributed by atoms with van der Waals surface area (Å²) in [6.45, 7) is 4.55. The molecule has 1 atom stereocenters. The van der Waals surface area contributed by atoms with Crippen molar-refractivity contribution in [3.63, 3.8) is 0 Å². The number of rotatable bonds is 3. The lowest BCUT2D eigenvalue weighted by atomic mass is 9.93. The molecule has 1 aliphatic rings. The predicted octanol–water partition coefficient (Wildman–Crippen LogP) is 2.68. The number of carbonyl (C=O) groups excluding carboxylic acids is 1. The Morgan fingerprint density at radius 3 is 2.86 bits per heavy atom. The van der Waals surface area contributed by atoms with Gasteiger partial charge in [0.25, 0.3) is 0 Å². The molecule has 1 aromatic carbocycles. The highest BCUT2D eigenvalue weighted by Crippen LogP contribution is 2.34. The van der Waals surface area contributed by atoms with Crippen LogP contribution in [0.3, 0.4) is 0 Å². The highest BCUT2D eigenvalue weighted by atomic mass is 19.1. The third-order valence-corrected chi connectivity index (χ3v) is 4.18. The number of nitrogens with zero attached hydrogens (tertiary/aromatic N) is 2. The summed E-state index contributed by atoms with van der Waals surface area (Å²) in [6, 6.07) is 6.50. The van der Waals surface area contributed by atoms with E-state index in [2.05, 4.69) is 10.2 Å². The molecule has 5 heteroatoms. The molecular weight excluding hydrogens is 269 g/mol. The van der Waals surface area contributed by atoms with E-state index in [1.165, 1.54) is 12.1 Å². The fourth-order valence-corrected chi connectivity index (χ4v) is 2.83. The van der Waals surface area contributed by atoms with Crippen LogP contribution >= 0.6 is 0 Å². The molecule has 1 amide bonds. The maximum atomic E-state index is 13.3. The summed E-state index contributed by atoms with van der Waals surface area (Å²) in [6.07, 6.45) is 1.23. The van der Waals surface area contributed by atoms with Crippen LogP contribution in [0.5, 0.6) is 0 Å². The topological polar surface area (TPSA) is 49.0 Å². The molecule has 0 spiro atoms. The molecule has 3 rings (SSSR count). The van der Waals surface area contributed by atoms with E-state index in [1.54, 1.807) is 6.07 Å². The monoisotopic (exact) mass is 287 g/mol. The summed E-state index contributed by atoms with van der Waals surface area (Å²) >= 11 is 0. The number of aromatic amines is 1. The minimum Gasteiger partial charge on any atom is -0.335 e. The van der Waals surface area contributed by atoms with Crippen molar-refractivity contribution in [2.24, 2.45) is 0 Å². The van der Waals surface area contributed by atoms with E-state index in [0.717, 1.165) is 35.5 Å². The number of H-pyrrole nitrogens is 1. The molecule has 4 nitrogen and oxygen atoms in total. The van der Waals surface area contributed by atoms with E-state index in [0.29, 0.717) is 6.42 Å². The van der Waals surface area contributed by atoms with Crippen LogP contribution in [0.25, 0.3) is 0 Å². The fraction of sp³-hybridized carbons (Fsp3) is 0.375. The summed E-state index contributed by atoms with van der Waals surface area (Å²) in [7, 11) is 0. The minimum absolute atomic E-state index is 0.000660. The molecular formula is C16H18FN3O. The number of hydrogen-bond donors (Lipinski definition) is 1. The number of carbonyl (C=O) groups is 1. The molecule has 1 saturated heterocycles. The lowest BCUT2D eigenvalue weighted by Crippen LogP contribution is -2.45. The first-order chi connectivity index (χ1) is 10.1. The Bertz CT molecular complexity index is 660. The van der Waals surface area contributed by atoms with Gasteiger partial charge >= 0.3 is 0 Å². The second kappa shape index (κ2) is 5.31. The number of aromatic nitrogens is 2. The molecule has 1 N–H and O–H groups in total. The summed E-state index contributed by atoms with van der Waals surface area (Å²) in [5, 5.41) is 7.01. The average molecular weight is 287 g/mol. The Kier molecular flexibility index (Phi) is 3.49. The number of aryl methyl sites for hydroxylation is 2. The molecule has 1 aromatic heterocycles. The summed E-state index contributed by atoms with van der Waals surface area (Å²) in [5.41, 5.74) is 3.63. The zero-order valence-corrected chi connectivity index (χ0v) is 12.2. The van der Waals surface area contributed by atoms with Crippen LogP contribution in [-0.2, 0) is 11.2 Å². The van der Waals surface area contributed by atoms with Crippen molar-refractivity contribution < 1.29 is 9.18 Å². The van der Waals surface area contributed by atoms with Crippen molar-refractivity contribution >= 4 is 5.91 Å². The Morgan fingerprint density at radius 1 is 1.48 bits per heavy atom. The van der Waals surface area contributed by atoms with E-state index >= 15 is 0 Å². The molecule has 0 saturated carbocycles. The normalized spacial score (nSPS) is 17.7. The Balaban J connectivity index is 1.74. The second-order valence-corrected chi connectivity index (χ2v) is 5.54. The second-order valence-electron chi connectivity index (χ2n) is 5.54. The lowest BCUT2D eigenvalue weighted by molar-refractivity contribution is -0.138. The van der Waals surface area contributed by atoms with E-state index in [4.69, 9.17) is 0 Å². The van der Waals surface area contributed by atoms with Gasteiger partial charge in [-0.2, -0.15) is 5.10 Å². The minimum atomic E-state index is -0.256. The molecule has 1 fully saturated rings. The number of hydrogen-bond acceptors (Lipinski definition) is 2. The first-order valence-electron chi connectivity index (χ1n) is 7.11. The van der Waals surface area contributed by atoms with Gasteiger partial charge in [0.05, 0.1) is 18.2 Å². The number of halogens is 1. The Morgan fingerprint density at radius 2 is 2.29 bits per heavy atom. The van der Waals surface area contributed by atoms with Crippen LogP contribution in [0.4, 0.5) is 4.39 Å². The number of nitrogens with one attached hydrogen (secondary N) is 1. The van der Waals surface area contributed by atoms with Gasteiger partial charge < -0.3 is 4.90 Å². The maximum absolute atomic E-state index is 13.3. The molecule has 110 valence electrons. The molecule has 2 aromatic rings.